The molecule has 0 spiro atoms. The summed E-state index contributed by atoms with van der Waals surface area (Å²) in [6, 6.07) is 0. The summed E-state index contributed by atoms with van der Waals surface area (Å²) in [7, 11) is 2.13. The van der Waals surface area contributed by atoms with E-state index in [0.717, 1.165) is 13.0 Å². The highest BCUT2D eigenvalue weighted by atomic mass is 16.4. The standard InChI is InChI=1S/C13H22N2O3/c1-15-6-2-3-9(8-15)4-5-14-12(16)10-7-11(10)13(17)18/h9-11H,2-8H2,1H3,(H,14,16)(H,17,18). The van der Waals surface area contributed by atoms with E-state index in [9.17, 15) is 9.59 Å². The third-order valence-corrected chi connectivity index (χ3v) is 4.02. The van der Waals surface area contributed by atoms with Crippen LogP contribution in [-0.4, -0.2) is 48.6 Å². The first-order valence-electron chi connectivity index (χ1n) is 6.77. The number of carbonyl (C=O) groups is 2. The summed E-state index contributed by atoms with van der Waals surface area (Å²) in [5.41, 5.74) is 0. The fourth-order valence-corrected chi connectivity index (χ4v) is 2.80. The molecule has 1 saturated carbocycles. The quantitative estimate of drug-likeness (QED) is 0.752. The summed E-state index contributed by atoms with van der Waals surface area (Å²) in [5.74, 6) is -0.975. The molecule has 1 amide bonds. The van der Waals surface area contributed by atoms with Gasteiger partial charge in [-0.25, -0.2) is 0 Å². The van der Waals surface area contributed by atoms with Crippen LogP contribution >= 0.6 is 0 Å². The molecule has 1 heterocycles. The molecule has 18 heavy (non-hydrogen) atoms. The van der Waals surface area contributed by atoms with Gasteiger partial charge in [0.05, 0.1) is 11.8 Å². The lowest BCUT2D eigenvalue weighted by Gasteiger charge is -2.29. The number of rotatable bonds is 5. The molecule has 2 fully saturated rings. The van der Waals surface area contributed by atoms with Crippen molar-refractivity contribution in [2.45, 2.75) is 25.7 Å². The first-order valence-corrected chi connectivity index (χ1v) is 6.77. The number of aliphatic carboxylic acids is 1. The Hall–Kier alpha value is -1.10. The second-order valence-corrected chi connectivity index (χ2v) is 5.64. The Balaban J connectivity index is 1.61. The van der Waals surface area contributed by atoms with E-state index in [0.29, 0.717) is 18.9 Å². The molecule has 5 nitrogen and oxygen atoms in total. The lowest BCUT2D eigenvalue weighted by molar-refractivity contribution is -0.140. The van der Waals surface area contributed by atoms with E-state index in [1.165, 1.54) is 19.4 Å². The second kappa shape index (κ2) is 5.69. The minimum atomic E-state index is -0.843. The highest BCUT2D eigenvalue weighted by Gasteiger charge is 2.48. The van der Waals surface area contributed by atoms with E-state index in [-0.39, 0.29) is 11.8 Å². The summed E-state index contributed by atoms with van der Waals surface area (Å²) >= 11 is 0. The van der Waals surface area contributed by atoms with Gasteiger partial charge in [-0.15, -0.1) is 0 Å². The molecule has 0 aromatic carbocycles. The number of amides is 1. The average molecular weight is 254 g/mol. The molecule has 5 heteroatoms. The highest BCUT2D eigenvalue weighted by Crippen LogP contribution is 2.38. The van der Waals surface area contributed by atoms with Crippen LogP contribution in [0.3, 0.4) is 0 Å². The van der Waals surface area contributed by atoms with Crippen LogP contribution in [0.4, 0.5) is 0 Å². The Morgan fingerprint density at radius 3 is 2.78 bits per heavy atom. The summed E-state index contributed by atoms with van der Waals surface area (Å²) in [5, 5.41) is 11.6. The van der Waals surface area contributed by atoms with Crippen LogP contribution in [0.25, 0.3) is 0 Å². The summed E-state index contributed by atoms with van der Waals surface area (Å²) < 4.78 is 0. The molecule has 0 radical (unpaired) electrons. The topological polar surface area (TPSA) is 69.6 Å². The number of carboxylic acid groups (broad SMARTS) is 1. The van der Waals surface area contributed by atoms with E-state index in [4.69, 9.17) is 5.11 Å². The normalized spacial score (nSPS) is 31.9. The molecule has 0 aromatic heterocycles. The Labute approximate surface area is 108 Å². The molecule has 3 unspecified atom stereocenters. The highest BCUT2D eigenvalue weighted by molar-refractivity contribution is 5.89. The Bertz CT molecular complexity index is 332. The minimum Gasteiger partial charge on any atom is -0.481 e. The predicted octanol–water partition coefficient (Wildman–Crippen LogP) is 0.555. The molecule has 1 aliphatic carbocycles. The van der Waals surface area contributed by atoms with Crippen LogP contribution in [0.5, 0.6) is 0 Å². The summed E-state index contributed by atoms with van der Waals surface area (Å²) in [6.07, 6.45) is 3.98. The van der Waals surface area contributed by atoms with E-state index in [2.05, 4.69) is 17.3 Å². The number of likely N-dealkylation sites (tertiary alicyclic amines) is 1. The number of hydrogen-bond donors (Lipinski definition) is 2. The van der Waals surface area contributed by atoms with Crippen LogP contribution in [0, 0.1) is 17.8 Å². The van der Waals surface area contributed by atoms with Gasteiger partial charge in [0.1, 0.15) is 0 Å². The summed E-state index contributed by atoms with van der Waals surface area (Å²) in [6.45, 7) is 2.96. The summed E-state index contributed by atoms with van der Waals surface area (Å²) in [4.78, 5) is 24.6. The lowest BCUT2D eigenvalue weighted by atomic mass is 9.95. The van der Waals surface area contributed by atoms with Crippen molar-refractivity contribution in [1.29, 1.82) is 0 Å². The van der Waals surface area contributed by atoms with Gasteiger partial charge in [-0.2, -0.15) is 0 Å². The zero-order valence-corrected chi connectivity index (χ0v) is 10.9. The van der Waals surface area contributed by atoms with E-state index >= 15 is 0 Å². The fourth-order valence-electron chi connectivity index (χ4n) is 2.80. The van der Waals surface area contributed by atoms with E-state index < -0.39 is 11.9 Å². The molecule has 0 bridgehead atoms. The maximum Gasteiger partial charge on any atom is 0.307 e. The monoisotopic (exact) mass is 254 g/mol. The zero-order valence-electron chi connectivity index (χ0n) is 10.9. The maximum absolute atomic E-state index is 11.6. The molecule has 1 aliphatic heterocycles. The van der Waals surface area contributed by atoms with Crippen molar-refractivity contribution < 1.29 is 14.7 Å². The Morgan fingerprint density at radius 2 is 2.17 bits per heavy atom. The van der Waals surface area contributed by atoms with Gasteiger partial charge in [0.15, 0.2) is 0 Å². The zero-order chi connectivity index (χ0) is 13.1. The van der Waals surface area contributed by atoms with Crippen molar-refractivity contribution in [3.8, 4) is 0 Å². The van der Waals surface area contributed by atoms with Gasteiger partial charge in [-0.3, -0.25) is 9.59 Å². The van der Waals surface area contributed by atoms with Crippen molar-refractivity contribution in [2.24, 2.45) is 17.8 Å². The van der Waals surface area contributed by atoms with Crippen molar-refractivity contribution >= 4 is 11.9 Å². The van der Waals surface area contributed by atoms with Gasteiger partial charge in [-0.1, -0.05) is 0 Å². The molecular formula is C13H22N2O3. The molecule has 2 rings (SSSR count). The predicted molar refractivity (Wildman–Crippen MR) is 67.1 cm³/mol. The molecule has 2 aliphatic rings. The molecule has 0 aromatic rings. The minimum absolute atomic E-state index is 0.0773. The smallest absolute Gasteiger partial charge is 0.307 e. The van der Waals surface area contributed by atoms with Crippen LogP contribution in [0.15, 0.2) is 0 Å². The van der Waals surface area contributed by atoms with E-state index in [1.807, 2.05) is 0 Å². The number of carbonyl (C=O) groups excluding carboxylic acids is 1. The van der Waals surface area contributed by atoms with Crippen LogP contribution in [0.2, 0.25) is 0 Å². The Kier molecular flexibility index (Phi) is 4.22. The van der Waals surface area contributed by atoms with Gasteiger partial charge >= 0.3 is 5.97 Å². The Morgan fingerprint density at radius 1 is 1.39 bits per heavy atom. The second-order valence-electron chi connectivity index (χ2n) is 5.64. The van der Waals surface area contributed by atoms with Gasteiger partial charge in [0, 0.05) is 13.1 Å². The van der Waals surface area contributed by atoms with Gasteiger partial charge in [0.2, 0.25) is 5.91 Å². The van der Waals surface area contributed by atoms with Gasteiger partial charge < -0.3 is 15.3 Å². The van der Waals surface area contributed by atoms with Crippen molar-refractivity contribution in [3.63, 3.8) is 0 Å². The molecular weight excluding hydrogens is 232 g/mol. The van der Waals surface area contributed by atoms with Crippen LogP contribution in [-0.2, 0) is 9.59 Å². The number of nitrogens with one attached hydrogen (secondary N) is 1. The molecule has 102 valence electrons. The lowest BCUT2D eigenvalue weighted by Crippen LogP contribution is -2.35. The first-order chi connectivity index (χ1) is 8.58. The average Bonchev–Trinajstić information content (AvgIpc) is 3.09. The SMILES string of the molecule is CN1CCCC(CCNC(=O)C2CC2C(=O)O)C1. The van der Waals surface area contributed by atoms with Crippen LogP contribution < -0.4 is 5.32 Å². The maximum atomic E-state index is 11.6. The molecule has 3 atom stereocenters. The van der Waals surface area contributed by atoms with Crippen molar-refractivity contribution in [1.82, 2.24) is 10.2 Å². The number of carboxylic acids is 1. The largest absolute Gasteiger partial charge is 0.481 e. The van der Waals surface area contributed by atoms with Gasteiger partial charge in [0.25, 0.3) is 0 Å². The third-order valence-electron chi connectivity index (χ3n) is 4.02. The fraction of sp³-hybridized carbons (Fsp3) is 0.846. The van der Waals surface area contributed by atoms with Gasteiger partial charge in [-0.05, 0) is 45.2 Å². The molecule has 1 saturated heterocycles. The number of piperidine rings is 1. The molecule has 2 N–H and O–H groups in total. The first kappa shape index (κ1) is 13.3. The van der Waals surface area contributed by atoms with Crippen molar-refractivity contribution in [2.75, 3.05) is 26.7 Å². The van der Waals surface area contributed by atoms with E-state index in [1.54, 1.807) is 0 Å². The number of hydrogen-bond acceptors (Lipinski definition) is 3. The number of nitrogens with zero attached hydrogens (tertiary/aromatic N) is 1. The van der Waals surface area contributed by atoms with Crippen LogP contribution in [0.1, 0.15) is 25.7 Å². The third kappa shape index (κ3) is 3.45. The van der Waals surface area contributed by atoms with Crippen molar-refractivity contribution in [3.05, 3.63) is 0 Å².